The largest absolute Gasteiger partial charge is 0.452 e. The molecule has 4 rings (SSSR count). The third kappa shape index (κ3) is 2.52. The number of hydrogen-bond donors (Lipinski definition) is 0. The average molecular weight is 348 g/mol. The van der Waals surface area contributed by atoms with Crippen LogP contribution < -0.4 is 5.43 Å². The van der Waals surface area contributed by atoms with Gasteiger partial charge in [-0.3, -0.25) is 19.2 Å². The minimum Gasteiger partial charge on any atom is -0.452 e. The van der Waals surface area contributed by atoms with Gasteiger partial charge in [0.25, 0.3) is 0 Å². The number of benzene rings is 2. The van der Waals surface area contributed by atoms with Crippen molar-refractivity contribution in [2.45, 2.75) is 12.5 Å². The summed E-state index contributed by atoms with van der Waals surface area (Å²) in [6.07, 6.45) is -2.04. The molecule has 1 fully saturated rings. The Kier molecular flexibility index (Phi) is 3.73. The number of carbonyl (C=O) groups is 3. The van der Waals surface area contributed by atoms with Crippen LogP contribution in [-0.2, 0) is 14.3 Å². The second-order valence-corrected chi connectivity index (χ2v) is 5.87. The number of esters is 1. The Morgan fingerprint density at radius 1 is 0.923 bits per heavy atom. The van der Waals surface area contributed by atoms with Crippen molar-refractivity contribution in [1.29, 1.82) is 0 Å². The van der Waals surface area contributed by atoms with Crippen molar-refractivity contribution in [2.24, 2.45) is 0 Å². The number of hydrogen-bond acceptors (Lipinski definition) is 6. The van der Waals surface area contributed by atoms with Crippen molar-refractivity contribution in [3.8, 4) is 11.1 Å². The highest BCUT2D eigenvalue weighted by Crippen LogP contribution is 2.27. The van der Waals surface area contributed by atoms with Gasteiger partial charge in [-0.05, 0) is 17.7 Å². The van der Waals surface area contributed by atoms with Gasteiger partial charge in [-0.25, -0.2) is 0 Å². The van der Waals surface area contributed by atoms with Gasteiger partial charge < -0.3 is 9.15 Å². The summed E-state index contributed by atoms with van der Waals surface area (Å²) in [7, 11) is 0. The first-order valence-corrected chi connectivity index (χ1v) is 7.94. The molecule has 1 aromatic heterocycles. The Labute approximate surface area is 147 Å². The van der Waals surface area contributed by atoms with Crippen LogP contribution >= 0.6 is 0 Å². The molecular weight excluding hydrogens is 336 g/mol. The van der Waals surface area contributed by atoms with Crippen molar-refractivity contribution >= 4 is 28.5 Å². The summed E-state index contributed by atoms with van der Waals surface area (Å²) in [4.78, 5) is 49.1. The molecule has 0 saturated carbocycles. The Hall–Kier alpha value is -3.54. The summed E-state index contributed by atoms with van der Waals surface area (Å²) in [5.74, 6) is -2.52. The first kappa shape index (κ1) is 16.0. The molecule has 6 nitrogen and oxygen atoms in total. The van der Waals surface area contributed by atoms with Gasteiger partial charge in [0.15, 0.2) is 11.5 Å². The zero-order valence-electron chi connectivity index (χ0n) is 13.4. The maximum absolute atomic E-state index is 13.0. The molecule has 2 heterocycles. The minimum atomic E-state index is -1.57. The molecule has 0 bridgehead atoms. The van der Waals surface area contributed by atoms with E-state index in [9.17, 15) is 19.2 Å². The summed E-state index contributed by atoms with van der Waals surface area (Å²) < 4.78 is 10.5. The van der Waals surface area contributed by atoms with Gasteiger partial charge in [0, 0.05) is 0 Å². The Balaban J connectivity index is 1.99. The molecule has 2 aromatic carbocycles. The van der Waals surface area contributed by atoms with Crippen LogP contribution in [-0.4, -0.2) is 23.6 Å². The summed E-state index contributed by atoms with van der Waals surface area (Å²) >= 11 is 0. The molecule has 1 aliphatic heterocycles. The Bertz CT molecular complexity index is 1110. The standard InChI is InChI=1S/C20H12O6/c21-13-10-15(22)26-19(13)18(24)20-16(11-6-2-1-3-7-11)17(23)12-8-4-5-9-14(12)25-20/h1-9,19H,10H2. The number of ether oxygens (including phenoxy) is 1. The molecule has 0 amide bonds. The second kappa shape index (κ2) is 6.07. The average Bonchev–Trinajstić information content (AvgIpc) is 3.00. The SMILES string of the molecule is O=C1CC(=O)C(C(=O)c2oc3ccccc3c(=O)c2-c2ccccc2)O1. The van der Waals surface area contributed by atoms with Crippen LogP contribution in [0.4, 0.5) is 0 Å². The maximum Gasteiger partial charge on any atom is 0.314 e. The number of fused-ring (bicyclic) bond motifs is 1. The van der Waals surface area contributed by atoms with Crippen molar-refractivity contribution in [3.63, 3.8) is 0 Å². The molecule has 1 unspecified atom stereocenters. The molecule has 1 saturated heterocycles. The highest BCUT2D eigenvalue weighted by atomic mass is 16.6. The van der Waals surface area contributed by atoms with E-state index in [0.29, 0.717) is 10.9 Å². The van der Waals surface area contributed by atoms with Crippen molar-refractivity contribution in [1.82, 2.24) is 0 Å². The maximum atomic E-state index is 13.0. The van der Waals surface area contributed by atoms with E-state index in [1.807, 2.05) is 0 Å². The van der Waals surface area contributed by atoms with E-state index in [0.717, 1.165) is 0 Å². The first-order chi connectivity index (χ1) is 12.6. The fourth-order valence-corrected chi connectivity index (χ4v) is 2.98. The molecular formula is C20H12O6. The molecule has 26 heavy (non-hydrogen) atoms. The van der Waals surface area contributed by atoms with Crippen molar-refractivity contribution < 1.29 is 23.5 Å². The lowest BCUT2D eigenvalue weighted by Crippen LogP contribution is -2.29. The number of para-hydroxylation sites is 1. The highest BCUT2D eigenvalue weighted by molar-refractivity contribution is 6.21. The molecule has 128 valence electrons. The number of cyclic esters (lactones) is 1. The summed E-state index contributed by atoms with van der Waals surface area (Å²) in [6, 6.07) is 15.1. The van der Waals surface area contributed by atoms with Gasteiger partial charge >= 0.3 is 5.97 Å². The molecule has 0 radical (unpaired) electrons. The molecule has 0 spiro atoms. The lowest BCUT2D eigenvalue weighted by atomic mass is 9.97. The van der Waals surface area contributed by atoms with Crippen LogP contribution in [0.5, 0.6) is 0 Å². The highest BCUT2D eigenvalue weighted by Gasteiger charge is 2.41. The monoisotopic (exact) mass is 348 g/mol. The summed E-state index contributed by atoms with van der Waals surface area (Å²) in [5, 5.41) is 0.317. The number of rotatable bonds is 3. The van der Waals surface area contributed by atoms with Crippen LogP contribution in [0, 0.1) is 0 Å². The van der Waals surface area contributed by atoms with E-state index in [2.05, 4.69) is 0 Å². The second-order valence-electron chi connectivity index (χ2n) is 5.87. The minimum absolute atomic E-state index is 0.0463. The van der Waals surface area contributed by atoms with Crippen LogP contribution in [0.15, 0.2) is 63.8 Å². The van der Waals surface area contributed by atoms with Crippen LogP contribution in [0.2, 0.25) is 0 Å². The molecule has 1 atom stereocenters. The van der Waals surface area contributed by atoms with E-state index < -0.39 is 35.5 Å². The number of carbonyl (C=O) groups excluding carboxylic acids is 3. The zero-order chi connectivity index (χ0) is 18.3. The predicted octanol–water partition coefficient (Wildman–Crippen LogP) is 2.53. The van der Waals surface area contributed by atoms with E-state index in [1.165, 1.54) is 0 Å². The fraction of sp³-hybridized carbons (Fsp3) is 0.100. The molecule has 6 heteroatoms. The smallest absolute Gasteiger partial charge is 0.314 e. The van der Waals surface area contributed by atoms with Gasteiger partial charge in [-0.15, -0.1) is 0 Å². The van der Waals surface area contributed by atoms with E-state index in [4.69, 9.17) is 9.15 Å². The topological polar surface area (TPSA) is 90.6 Å². The van der Waals surface area contributed by atoms with Gasteiger partial charge in [0.05, 0.1) is 10.9 Å². The van der Waals surface area contributed by atoms with Crippen LogP contribution in [0.1, 0.15) is 17.0 Å². The lowest BCUT2D eigenvalue weighted by Gasteiger charge is -2.12. The molecule has 0 N–H and O–H groups in total. The molecule has 3 aromatic rings. The van der Waals surface area contributed by atoms with Crippen molar-refractivity contribution in [3.05, 3.63) is 70.6 Å². The van der Waals surface area contributed by atoms with Gasteiger partial charge in [-0.2, -0.15) is 0 Å². The normalized spacial score (nSPS) is 16.7. The lowest BCUT2D eigenvalue weighted by molar-refractivity contribution is -0.140. The predicted molar refractivity (Wildman–Crippen MR) is 91.8 cm³/mol. The third-order valence-electron chi connectivity index (χ3n) is 4.18. The molecule has 1 aliphatic rings. The molecule has 0 aliphatic carbocycles. The van der Waals surface area contributed by atoms with E-state index in [1.54, 1.807) is 54.6 Å². The zero-order valence-corrected chi connectivity index (χ0v) is 13.4. The van der Waals surface area contributed by atoms with Crippen LogP contribution in [0.3, 0.4) is 0 Å². The quantitative estimate of drug-likeness (QED) is 0.410. The first-order valence-electron chi connectivity index (χ1n) is 7.94. The number of ketones is 2. The van der Waals surface area contributed by atoms with E-state index >= 15 is 0 Å². The van der Waals surface area contributed by atoms with Crippen molar-refractivity contribution in [2.75, 3.05) is 0 Å². The fourth-order valence-electron chi connectivity index (χ4n) is 2.98. The Morgan fingerprint density at radius 2 is 1.62 bits per heavy atom. The summed E-state index contributed by atoms with van der Waals surface area (Å²) in [5.41, 5.74) is 0.354. The van der Waals surface area contributed by atoms with Crippen LogP contribution in [0.25, 0.3) is 22.1 Å². The van der Waals surface area contributed by atoms with Gasteiger partial charge in [-0.1, -0.05) is 42.5 Å². The van der Waals surface area contributed by atoms with E-state index in [-0.39, 0.29) is 16.9 Å². The summed E-state index contributed by atoms with van der Waals surface area (Å²) in [6.45, 7) is 0. The number of Topliss-reactive ketones (excluding diaryl/α,β-unsaturated/α-hetero) is 2. The third-order valence-corrected chi connectivity index (χ3v) is 4.18. The Morgan fingerprint density at radius 3 is 2.31 bits per heavy atom. The van der Waals surface area contributed by atoms with Gasteiger partial charge in [0.2, 0.25) is 17.3 Å². The van der Waals surface area contributed by atoms with Gasteiger partial charge in [0.1, 0.15) is 12.0 Å².